The Morgan fingerprint density at radius 3 is 2.76 bits per heavy atom. The van der Waals surface area contributed by atoms with Gasteiger partial charge in [0.1, 0.15) is 17.6 Å². The molecule has 0 bridgehead atoms. The van der Waals surface area contributed by atoms with Crippen LogP contribution < -0.4 is 5.32 Å². The molecule has 4 heteroatoms. The first-order chi connectivity index (χ1) is 8.10. The van der Waals surface area contributed by atoms with Crippen molar-refractivity contribution in [1.82, 2.24) is 9.97 Å². The second kappa shape index (κ2) is 4.38. The number of aromatic nitrogens is 2. The van der Waals surface area contributed by atoms with E-state index in [1.807, 2.05) is 26.8 Å². The molecule has 2 aromatic rings. The smallest absolute Gasteiger partial charge is 0.143 e. The summed E-state index contributed by atoms with van der Waals surface area (Å²) in [5, 5.41) is 14.1. The SMILES string of the molecule is Cc1cc2c(NC(C)C)nc(C#N)cc2cn1. The molecule has 0 radical (unpaired) electrons. The molecule has 0 spiro atoms. The van der Waals surface area contributed by atoms with E-state index in [1.165, 1.54) is 0 Å². The van der Waals surface area contributed by atoms with Crippen LogP contribution in [0.1, 0.15) is 25.2 Å². The fraction of sp³-hybridized carbons (Fsp3) is 0.308. The molecule has 4 nitrogen and oxygen atoms in total. The molecule has 0 amide bonds. The molecular weight excluding hydrogens is 212 g/mol. The molecule has 0 aliphatic rings. The van der Waals surface area contributed by atoms with Gasteiger partial charge in [-0.15, -0.1) is 0 Å². The van der Waals surface area contributed by atoms with Crippen LogP contribution in [0, 0.1) is 18.3 Å². The zero-order chi connectivity index (χ0) is 12.4. The van der Waals surface area contributed by atoms with Crippen molar-refractivity contribution in [3.05, 3.63) is 29.7 Å². The van der Waals surface area contributed by atoms with E-state index in [0.717, 1.165) is 22.3 Å². The van der Waals surface area contributed by atoms with Gasteiger partial charge in [0.15, 0.2) is 0 Å². The van der Waals surface area contributed by atoms with Crippen molar-refractivity contribution in [1.29, 1.82) is 5.26 Å². The van der Waals surface area contributed by atoms with Gasteiger partial charge in [-0.1, -0.05) is 0 Å². The van der Waals surface area contributed by atoms with Gasteiger partial charge >= 0.3 is 0 Å². The van der Waals surface area contributed by atoms with Crippen LogP contribution in [0.15, 0.2) is 18.3 Å². The Morgan fingerprint density at radius 2 is 2.12 bits per heavy atom. The second-order valence-corrected chi connectivity index (χ2v) is 4.31. The molecule has 0 saturated heterocycles. The number of anilines is 1. The average Bonchev–Trinajstić information content (AvgIpc) is 2.28. The molecule has 1 N–H and O–H groups in total. The first-order valence-corrected chi connectivity index (χ1v) is 5.54. The summed E-state index contributed by atoms with van der Waals surface area (Å²) < 4.78 is 0. The summed E-state index contributed by atoms with van der Waals surface area (Å²) in [6.07, 6.45) is 1.78. The molecule has 0 aromatic carbocycles. The number of fused-ring (bicyclic) bond motifs is 1. The van der Waals surface area contributed by atoms with Crippen LogP contribution in [-0.4, -0.2) is 16.0 Å². The van der Waals surface area contributed by atoms with Crippen molar-refractivity contribution in [2.24, 2.45) is 0 Å². The molecule has 2 rings (SSSR count). The number of hydrogen-bond acceptors (Lipinski definition) is 4. The monoisotopic (exact) mass is 226 g/mol. The Bertz CT molecular complexity index is 596. The minimum absolute atomic E-state index is 0.271. The maximum absolute atomic E-state index is 8.95. The van der Waals surface area contributed by atoms with Crippen molar-refractivity contribution in [3.8, 4) is 6.07 Å². The largest absolute Gasteiger partial charge is 0.367 e. The standard InChI is InChI=1S/C13H14N4/c1-8(2)16-13-12-4-9(3)15-7-10(12)5-11(6-14)17-13/h4-5,7-8H,1-3H3,(H,16,17). The van der Waals surface area contributed by atoms with Gasteiger partial charge < -0.3 is 5.32 Å². The van der Waals surface area contributed by atoms with Crippen LogP contribution in [0.25, 0.3) is 10.8 Å². The highest BCUT2D eigenvalue weighted by Gasteiger charge is 2.07. The van der Waals surface area contributed by atoms with E-state index in [2.05, 4.69) is 21.4 Å². The molecule has 0 aliphatic carbocycles. The van der Waals surface area contributed by atoms with Gasteiger partial charge in [-0.25, -0.2) is 4.98 Å². The normalized spacial score (nSPS) is 10.5. The average molecular weight is 226 g/mol. The number of rotatable bonds is 2. The lowest BCUT2D eigenvalue weighted by atomic mass is 10.1. The van der Waals surface area contributed by atoms with Crippen LogP contribution in [-0.2, 0) is 0 Å². The maximum Gasteiger partial charge on any atom is 0.143 e. The molecule has 0 atom stereocenters. The van der Waals surface area contributed by atoms with E-state index >= 15 is 0 Å². The number of pyridine rings is 2. The number of nitrogens with zero attached hydrogens (tertiary/aromatic N) is 3. The van der Waals surface area contributed by atoms with Crippen LogP contribution in [0.2, 0.25) is 0 Å². The molecule has 17 heavy (non-hydrogen) atoms. The predicted molar refractivity (Wildman–Crippen MR) is 67.7 cm³/mol. The third kappa shape index (κ3) is 2.34. The van der Waals surface area contributed by atoms with Crippen LogP contribution in [0.4, 0.5) is 5.82 Å². The van der Waals surface area contributed by atoms with Crippen LogP contribution in [0.5, 0.6) is 0 Å². The predicted octanol–water partition coefficient (Wildman–Crippen LogP) is 2.63. The lowest BCUT2D eigenvalue weighted by Crippen LogP contribution is -2.12. The summed E-state index contributed by atoms with van der Waals surface area (Å²) in [5.41, 5.74) is 1.35. The van der Waals surface area contributed by atoms with E-state index in [4.69, 9.17) is 5.26 Å². The van der Waals surface area contributed by atoms with Gasteiger partial charge in [-0.2, -0.15) is 5.26 Å². The van der Waals surface area contributed by atoms with E-state index in [-0.39, 0.29) is 6.04 Å². The maximum atomic E-state index is 8.95. The topological polar surface area (TPSA) is 61.6 Å². The Labute approximate surface area is 100 Å². The Morgan fingerprint density at radius 1 is 1.35 bits per heavy atom. The quantitative estimate of drug-likeness (QED) is 0.855. The number of hydrogen-bond donors (Lipinski definition) is 1. The van der Waals surface area contributed by atoms with Crippen molar-refractivity contribution in [2.45, 2.75) is 26.8 Å². The summed E-state index contributed by atoms with van der Waals surface area (Å²) in [6.45, 7) is 6.03. The first kappa shape index (κ1) is 11.3. The van der Waals surface area contributed by atoms with E-state index < -0.39 is 0 Å². The van der Waals surface area contributed by atoms with Gasteiger partial charge in [0.05, 0.1) is 0 Å². The van der Waals surface area contributed by atoms with Crippen molar-refractivity contribution < 1.29 is 0 Å². The highest BCUT2D eigenvalue weighted by atomic mass is 15.0. The molecule has 2 heterocycles. The molecule has 0 fully saturated rings. The van der Waals surface area contributed by atoms with Gasteiger partial charge in [0.2, 0.25) is 0 Å². The fourth-order valence-corrected chi connectivity index (χ4v) is 1.69. The molecule has 0 saturated carbocycles. The summed E-state index contributed by atoms with van der Waals surface area (Å²) in [6, 6.07) is 6.08. The Balaban J connectivity index is 2.68. The molecule has 2 aromatic heterocycles. The summed E-state index contributed by atoms with van der Waals surface area (Å²) >= 11 is 0. The van der Waals surface area contributed by atoms with E-state index in [0.29, 0.717) is 5.69 Å². The summed E-state index contributed by atoms with van der Waals surface area (Å²) in [5.74, 6) is 0.750. The van der Waals surface area contributed by atoms with Gasteiger partial charge in [-0.3, -0.25) is 4.98 Å². The van der Waals surface area contributed by atoms with Crippen LogP contribution in [0.3, 0.4) is 0 Å². The van der Waals surface area contributed by atoms with Gasteiger partial charge in [0.25, 0.3) is 0 Å². The molecule has 0 unspecified atom stereocenters. The summed E-state index contributed by atoms with van der Waals surface area (Å²) in [4.78, 5) is 8.54. The van der Waals surface area contributed by atoms with E-state index in [9.17, 15) is 0 Å². The number of aryl methyl sites for hydroxylation is 1. The fourth-order valence-electron chi connectivity index (χ4n) is 1.69. The van der Waals surface area contributed by atoms with Crippen LogP contribution >= 0.6 is 0 Å². The van der Waals surface area contributed by atoms with Gasteiger partial charge in [0, 0.05) is 28.7 Å². The highest BCUT2D eigenvalue weighted by Crippen LogP contribution is 2.23. The minimum Gasteiger partial charge on any atom is -0.367 e. The molecule has 0 aliphatic heterocycles. The lowest BCUT2D eigenvalue weighted by Gasteiger charge is -2.12. The second-order valence-electron chi connectivity index (χ2n) is 4.31. The lowest BCUT2D eigenvalue weighted by molar-refractivity contribution is 0.891. The Hall–Kier alpha value is -2.15. The summed E-state index contributed by atoms with van der Waals surface area (Å²) in [7, 11) is 0. The number of nitrogens with one attached hydrogen (secondary N) is 1. The van der Waals surface area contributed by atoms with Crippen molar-refractivity contribution in [2.75, 3.05) is 5.32 Å². The molecule has 86 valence electrons. The van der Waals surface area contributed by atoms with Crippen molar-refractivity contribution in [3.63, 3.8) is 0 Å². The number of nitriles is 1. The third-order valence-electron chi connectivity index (χ3n) is 2.39. The highest BCUT2D eigenvalue weighted by molar-refractivity contribution is 5.92. The third-order valence-corrected chi connectivity index (χ3v) is 2.39. The minimum atomic E-state index is 0.271. The van der Waals surface area contributed by atoms with Crippen molar-refractivity contribution >= 4 is 16.6 Å². The molecular formula is C13H14N4. The zero-order valence-corrected chi connectivity index (χ0v) is 10.2. The zero-order valence-electron chi connectivity index (χ0n) is 10.2. The first-order valence-electron chi connectivity index (χ1n) is 5.54. The Kier molecular flexibility index (Phi) is 2.92. The van der Waals surface area contributed by atoms with Gasteiger partial charge in [-0.05, 0) is 32.9 Å². The van der Waals surface area contributed by atoms with E-state index in [1.54, 1.807) is 12.3 Å².